The summed E-state index contributed by atoms with van der Waals surface area (Å²) in [6, 6.07) is 0. The van der Waals surface area contributed by atoms with Crippen LogP contribution in [0.15, 0.2) is 0 Å². The van der Waals surface area contributed by atoms with Crippen molar-refractivity contribution >= 4 is 33.0 Å². The van der Waals surface area contributed by atoms with E-state index in [1.54, 1.807) is 0 Å². The van der Waals surface area contributed by atoms with Crippen molar-refractivity contribution in [3.8, 4) is 0 Å². The summed E-state index contributed by atoms with van der Waals surface area (Å²) >= 11 is 12.0. The SMILES string of the molecule is O=S1(=O)C2CCC(Cl)C1CCC2Cl. The number of hydrogen-bond donors (Lipinski definition) is 0. The van der Waals surface area contributed by atoms with Gasteiger partial charge in [0.05, 0.1) is 21.3 Å². The van der Waals surface area contributed by atoms with Gasteiger partial charge in [0.25, 0.3) is 0 Å². The highest BCUT2D eigenvalue weighted by atomic mass is 35.5. The second-order valence-electron chi connectivity index (χ2n) is 3.85. The van der Waals surface area contributed by atoms with Crippen molar-refractivity contribution in [3.63, 3.8) is 0 Å². The highest BCUT2D eigenvalue weighted by molar-refractivity contribution is 7.93. The number of sulfone groups is 1. The molecule has 13 heavy (non-hydrogen) atoms. The van der Waals surface area contributed by atoms with E-state index in [0.29, 0.717) is 12.8 Å². The van der Waals surface area contributed by atoms with Crippen LogP contribution < -0.4 is 0 Å². The number of alkyl halides is 2. The van der Waals surface area contributed by atoms with Crippen LogP contribution >= 0.6 is 23.2 Å². The minimum atomic E-state index is -3.03. The summed E-state index contributed by atoms with van der Waals surface area (Å²) in [6.07, 6.45) is 2.86. The van der Waals surface area contributed by atoms with Gasteiger partial charge in [-0.3, -0.25) is 0 Å². The first-order valence-corrected chi connectivity index (χ1v) is 7.02. The summed E-state index contributed by atoms with van der Waals surface area (Å²) in [7, 11) is -3.03. The highest BCUT2D eigenvalue weighted by Crippen LogP contribution is 2.40. The molecule has 0 N–H and O–H groups in total. The lowest BCUT2D eigenvalue weighted by atomic mass is 9.98. The molecule has 0 spiro atoms. The van der Waals surface area contributed by atoms with Gasteiger partial charge in [0.2, 0.25) is 0 Å². The van der Waals surface area contributed by atoms with Gasteiger partial charge in [-0.1, -0.05) is 0 Å². The van der Waals surface area contributed by atoms with Crippen LogP contribution in [-0.2, 0) is 9.84 Å². The third-order valence-corrected chi connectivity index (χ3v) is 7.26. The van der Waals surface area contributed by atoms with Gasteiger partial charge in [0, 0.05) is 0 Å². The molecule has 0 radical (unpaired) electrons. The standard InChI is InChI=1S/C8H12Cl2O2S/c9-5-1-3-7-6(10)2-4-8(5)13(7,11)12/h5-8H,1-4H2. The molecule has 2 fully saturated rings. The minimum absolute atomic E-state index is 0.189. The molecule has 5 heteroatoms. The molecule has 2 heterocycles. The summed E-state index contributed by atoms with van der Waals surface area (Å²) in [5.74, 6) is 0. The van der Waals surface area contributed by atoms with Crippen molar-refractivity contribution < 1.29 is 8.42 Å². The van der Waals surface area contributed by atoms with Crippen LogP contribution in [0.1, 0.15) is 25.7 Å². The molecule has 2 saturated heterocycles. The molecule has 0 aliphatic carbocycles. The molecule has 4 unspecified atom stereocenters. The van der Waals surface area contributed by atoms with Crippen molar-refractivity contribution in [1.29, 1.82) is 0 Å². The molecule has 76 valence electrons. The zero-order chi connectivity index (χ0) is 9.64. The molecule has 2 aliphatic heterocycles. The van der Waals surface area contributed by atoms with Crippen LogP contribution in [0.3, 0.4) is 0 Å². The van der Waals surface area contributed by atoms with Crippen LogP contribution in [0.25, 0.3) is 0 Å². The largest absolute Gasteiger partial charge is 0.228 e. The average Bonchev–Trinajstić information content (AvgIpc) is 1.99. The van der Waals surface area contributed by atoms with Gasteiger partial charge in [-0.2, -0.15) is 0 Å². The summed E-state index contributed by atoms with van der Waals surface area (Å²) in [5, 5.41) is -1.04. The van der Waals surface area contributed by atoms with Crippen molar-refractivity contribution in [1.82, 2.24) is 0 Å². The molecule has 4 atom stereocenters. The third-order valence-electron chi connectivity index (χ3n) is 3.10. The molecule has 0 aromatic rings. The van der Waals surface area contributed by atoms with E-state index < -0.39 is 9.84 Å². The predicted molar refractivity (Wildman–Crippen MR) is 54.2 cm³/mol. The van der Waals surface area contributed by atoms with Crippen molar-refractivity contribution in [2.24, 2.45) is 0 Å². The molecule has 0 aromatic heterocycles. The monoisotopic (exact) mass is 242 g/mol. The van der Waals surface area contributed by atoms with E-state index >= 15 is 0 Å². The van der Waals surface area contributed by atoms with Crippen LogP contribution in [0.4, 0.5) is 0 Å². The van der Waals surface area contributed by atoms with Crippen LogP contribution in [0, 0.1) is 0 Å². The fraction of sp³-hybridized carbons (Fsp3) is 1.00. The Morgan fingerprint density at radius 1 is 0.846 bits per heavy atom. The Morgan fingerprint density at radius 2 is 1.23 bits per heavy atom. The quantitative estimate of drug-likeness (QED) is 0.609. The maximum atomic E-state index is 11.8. The summed E-state index contributed by atoms with van der Waals surface area (Å²) < 4.78 is 23.7. The van der Waals surface area contributed by atoms with Gasteiger partial charge in [0.1, 0.15) is 0 Å². The van der Waals surface area contributed by atoms with E-state index in [0.717, 1.165) is 12.8 Å². The van der Waals surface area contributed by atoms with Crippen LogP contribution in [-0.4, -0.2) is 29.7 Å². The van der Waals surface area contributed by atoms with Gasteiger partial charge >= 0.3 is 0 Å². The lowest BCUT2D eigenvalue weighted by Crippen LogP contribution is -2.50. The van der Waals surface area contributed by atoms with Crippen molar-refractivity contribution in [2.75, 3.05) is 0 Å². The van der Waals surface area contributed by atoms with Gasteiger partial charge < -0.3 is 0 Å². The molecular weight excluding hydrogens is 231 g/mol. The first-order chi connectivity index (χ1) is 6.03. The Bertz CT molecular complexity index is 277. The van der Waals surface area contributed by atoms with E-state index in [1.165, 1.54) is 0 Å². The Kier molecular flexibility index (Phi) is 2.54. The molecule has 0 amide bonds. The second-order valence-corrected chi connectivity index (χ2v) is 7.36. The van der Waals surface area contributed by atoms with E-state index in [9.17, 15) is 8.42 Å². The number of rotatable bonds is 0. The normalized spacial score (nSPS) is 48.8. The Labute approximate surface area is 88.5 Å². The summed E-state index contributed by atoms with van der Waals surface area (Å²) in [4.78, 5) is 0. The lowest BCUT2D eigenvalue weighted by Gasteiger charge is -2.39. The molecule has 2 rings (SSSR count). The van der Waals surface area contributed by atoms with E-state index in [2.05, 4.69) is 0 Å². The first-order valence-electron chi connectivity index (χ1n) is 4.54. The van der Waals surface area contributed by atoms with E-state index in [-0.39, 0.29) is 21.3 Å². The molecule has 0 saturated carbocycles. The third kappa shape index (κ3) is 1.49. The number of fused-ring (bicyclic) bond motifs is 2. The zero-order valence-electron chi connectivity index (χ0n) is 7.12. The number of hydrogen-bond acceptors (Lipinski definition) is 2. The van der Waals surface area contributed by atoms with Crippen LogP contribution in [0.2, 0.25) is 0 Å². The first kappa shape index (κ1) is 10.1. The van der Waals surface area contributed by atoms with Crippen molar-refractivity contribution in [2.45, 2.75) is 46.9 Å². The second kappa shape index (κ2) is 3.28. The number of halogens is 2. The topological polar surface area (TPSA) is 34.1 Å². The summed E-state index contributed by atoms with van der Waals surface area (Å²) in [6.45, 7) is 0. The van der Waals surface area contributed by atoms with Crippen molar-refractivity contribution in [3.05, 3.63) is 0 Å². The predicted octanol–water partition coefficient (Wildman–Crippen LogP) is 1.94. The molecule has 0 aromatic carbocycles. The summed E-state index contributed by atoms with van der Waals surface area (Å²) in [5.41, 5.74) is 0. The maximum absolute atomic E-state index is 11.8. The Hall–Kier alpha value is 0.530. The van der Waals surface area contributed by atoms with Gasteiger partial charge in [0.15, 0.2) is 9.84 Å². The fourth-order valence-electron chi connectivity index (χ4n) is 2.35. The molecule has 2 nitrogen and oxygen atoms in total. The smallest absolute Gasteiger partial charge is 0.158 e. The highest BCUT2D eigenvalue weighted by Gasteiger charge is 2.48. The zero-order valence-corrected chi connectivity index (χ0v) is 9.45. The van der Waals surface area contributed by atoms with Crippen LogP contribution in [0.5, 0.6) is 0 Å². The molecular formula is C8H12Cl2O2S. The minimum Gasteiger partial charge on any atom is -0.228 e. The van der Waals surface area contributed by atoms with Gasteiger partial charge in [-0.25, -0.2) is 8.42 Å². The molecule has 2 bridgehead atoms. The molecule has 2 aliphatic rings. The lowest BCUT2D eigenvalue weighted by molar-refractivity contribution is 0.440. The van der Waals surface area contributed by atoms with E-state index in [4.69, 9.17) is 23.2 Å². The van der Waals surface area contributed by atoms with Gasteiger partial charge in [-0.05, 0) is 25.7 Å². The van der Waals surface area contributed by atoms with Gasteiger partial charge in [-0.15, -0.1) is 23.2 Å². The Morgan fingerprint density at radius 3 is 1.62 bits per heavy atom. The maximum Gasteiger partial charge on any atom is 0.158 e. The average molecular weight is 243 g/mol. The Balaban J connectivity index is 2.36. The van der Waals surface area contributed by atoms with E-state index in [1.807, 2.05) is 0 Å². The fourth-order valence-corrected chi connectivity index (χ4v) is 6.18.